The molecule has 0 bridgehead atoms. The minimum atomic E-state index is -2.13. The summed E-state index contributed by atoms with van der Waals surface area (Å²) < 4.78 is 38.2. The van der Waals surface area contributed by atoms with Crippen molar-refractivity contribution in [3.8, 4) is 0 Å². The Morgan fingerprint density at radius 2 is 1.53 bits per heavy atom. The molecule has 1 aromatic rings. The van der Waals surface area contributed by atoms with Crippen LogP contribution in [0.5, 0.6) is 0 Å². The third kappa shape index (κ3) is 6.93. The predicted molar refractivity (Wildman–Crippen MR) is 118 cm³/mol. The van der Waals surface area contributed by atoms with Gasteiger partial charge in [0.25, 0.3) is 0 Å². The van der Waals surface area contributed by atoms with E-state index in [9.17, 15) is 9.59 Å². The summed E-state index contributed by atoms with van der Waals surface area (Å²) in [6.07, 6.45) is -5.70. The van der Waals surface area contributed by atoms with Crippen LogP contribution in [0.25, 0.3) is 0 Å². The number of methoxy groups -OCH3 is 2. The average molecular weight is 471 g/mol. The molecule has 0 aromatic heterocycles. The van der Waals surface area contributed by atoms with Crippen molar-refractivity contribution >= 4 is 20.6 Å². The fourth-order valence-corrected chi connectivity index (χ4v) is 3.82. The number of carbonyl (C=O) groups is 2. The van der Waals surface area contributed by atoms with Crippen LogP contribution in [-0.4, -0.2) is 66.1 Å². The van der Waals surface area contributed by atoms with Gasteiger partial charge in [0, 0.05) is 0 Å². The SMILES string of the molecule is COC(=O)O[C@H]1[C@H](OCc2ccccc2)O[C@H](CO[Si](C)(C)C(C)(C)C)[C@H]1OC(=O)OC. The molecule has 1 heterocycles. The molecule has 1 saturated heterocycles. The van der Waals surface area contributed by atoms with Gasteiger partial charge < -0.3 is 32.8 Å². The molecule has 0 aliphatic carbocycles. The first kappa shape index (κ1) is 26.1. The maximum atomic E-state index is 11.9. The molecule has 10 heteroatoms. The van der Waals surface area contributed by atoms with Crippen molar-refractivity contribution in [2.24, 2.45) is 0 Å². The Balaban J connectivity index is 2.22. The zero-order chi connectivity index (χ0) is 23.9. The zero-order valence-corrected chi connectivity index (χ0v) is 20.8. The molecule has 1 aliphatic heterocycles. The second-order valence-electron chi connectivity index (χ2n) is 8.98. The number of rotatable bonds is 8. The van der Waals surface area contributed by atoms with Gasteiger partial charge in [0.05, 0.1) is 27.4 Å². The lowest BCUT2D eigenvalue weighted by atomic mass is 10.1. The van der Waals surface area contributed by atoms with Gasteiger partial charge in [-0.05, 0) is 23.7 Å². The Bertz CT molecular complexity index is 748. The lowest BCUT2D eigenvalue weighted by Gasteiger charge is -2.37. The highest BCUT2D eigenvalue weighted by Crippen LogP contribution is 2.38. The van der Waals surface area contributed by atoms with Crippen molar-refractivity contribution in [2.45, 2.75) is 70.1 Å². The molecule has 0 saturated carbocycles. The molecule has 1 aliphatic rings. The Labute approximate surface area is 190 Å². The van der Waals surface area contributed by atoms with Gasteiger partial charge in [-0.1, -0.05) is 51.1 Å². The minimum Gasteiger partial charge on any atom is -0.438 e. The van der Waals surface area contributed by atoms with Gasteiger partial charge in [-0.2, -0.15) is 0 Å². The topological polar surface area (TPSA) is 98.8 Å². The van der Waals surface area contributed by atoms with E-state index >= 15 is 0 Å². The van der Waals surface area contributed by atoms with Crippen LogP contribution in [0.3, 0.4) is 0 Å². The highest BCUT2D eigenvalue weighted by molar-refractivity contribution is 6.74. The van der Waals surface area contributed by atoms with E-state index in [1.54, 1.807) is 0 Å². The molecular formula is C22H34O9Si. The Morgan fingerprint density at radius 1 is 0.969 bits per heavy atom. The van der Waals surface area contributed by atoms with Crippen molar-refractivity contribution < 1.29 is 42.4 Å². The average Bonchev–Trinajstić information content (AvgIpc) is 3.06. The van der Waals surface area contributed by atoms with Crippen LogP contribution in [0.15, 0.2) is 30.3 Å². The standard InChI is InChI=1S/C22H34O9Si/c1-22(2,3)32(6,7)28-14-16-17(30-20(23)25-4)18(31-21(24)26-5)19(29-16)27-13-15-11-9-8-10-12-15/h8-12,16-19H,13-14H2,1-7H3/t16-,17-,18-,19-/m1/s1. The molecule has 32 heavy (non-hydrogen) atoms. The fraction of sp³-hybridized carbons (Fsp3) is 0.636. The van der Waals surface area contributed by atoms with E-state index in [4.69, 9.17) is 23.4 Å². The van der Waals surface area contributed by atoms with Crippen LogP contribution in [0.1, 0.15) is 26.3 Å². The Kier molecular flexibility index (Phi) is 9.08. The molecule has 0 amide bonds. The molecule has 1 fully saturated rings. The lowest BCUT2D eigenvalue weighted by Crippen LogP contribution is -2.46. The van der Waals surface area contributed by atoms with Gasteiger partial charge in [0.2, 0.25) is 0 Å². The predicted octanol–water partition coefficient (Wildman–Crippen LogP) is 4.25. The molecule has 0 N–H and O–H groups in total. The van der Waals surface area contributed by atoms with Crippen molar-refractivity contribution in [3.63, 3.8) is 0 Å². The summed E-state index contributed by atoms with van der Waals surface area (Å²) in [5.74, 6) is 0. The number of carbonyl (C=O) groups excluding carboxylic acids is 2. The van der Waals surface area contributed by atoms with Gasteiger partial charge in [-0.15, -0.1) is 0 Å². The second kappa shape index (κ2) is 11.1. The highest BCUT2D eigenvalue weighted by Gasteiger charge is 2.52. The highest BCUT2D eigenvalue weighted by atomic mass is 28.4. The van der Waals surface area contributed by atoms with Gasteiger partial charge in [0.15, 0.2) is 26.8 Å². The summed E-state index contributed by atoms with van der Waals surface area (Å²) in [5.41, 5.74) is 0.902. The monoisotopic (exact) mass is 470 g/mol. The summed E-state index contributed by atoms with van der Waals surface area (Å²) in [6.45, 7) is 10.9. The van der Waals surface area contributed by atoms with E-state index in [1.165, 1.54) is 14.2 Å². The quantitative estimate of drug-likeness (QED) is 0.408. The number of hydrogen-bond acceptors (Lipinski definition) is 9. The van der Waals surface area contributed by atoms with Crippen molar-refractivity contribution in [3.05, 3.63) is 35.9 Å². The molecule has 2 rings (SSSR count). The largest absolute Gasteiger partial charge is 0.508 e. The van der Waals surface area contributed by atoms with Gasteiger partial charge in [0.1, 0.15) is 6.10 Å². The van der Waals surface area contributed by atoms with Crippen molar-refractivity contribution in [1.82, 2.24) is 0 Å². The number of benzene rings is 1. The van der Waals surface area contributed by atoms with E-state index in [0.29, 0.717) is 0 Å². The number of ether oxygens (including phenoxy) is 6. The normalized spacial score (nSPS) is 23.5. The van der Waals surface area contributed by atoms with Gasteiger partial charge >= 0.3 is 12.3 Å². The summed E-state index contributed by atoms with van der Waals surface area (Å²) in [4.78, 5) is 23.8. The van der Waals surface area contributed by atoms with E-state index in [1.807, 2.05) is 30.3 Å². The van der Waals surface area contributed by atoms with Gasteiger partial charge in [-0.3, -0.25) is 0 Å². The third-order valence-electron chi connectivity index (χ3n) is 5.74. The fourth-order valence-electron chi connectivity index (χ4n) is 2.81. The second-order valence-corrected chi connectivity index (χ2v) is 13.8. The van der Waals surface area contributed by atoms with E-state index in [0.717, 1.165) is 5.56 Å². The molecule has 1 aromatic carbocycles. The summed E-state index contributed by atoms with van der Waals surface area (Å²) in [5, 5.41) is -0.0323. The number of hydrogen-bond donors (Lipinski definition) is 0. The first-order valence-corrected chi connectivity index (χ1v) is 13.3. The Morgan fingerprint density at radius 3 is 2.06 bits per heavy atom. The molecule has 0 radical (unpaired) electrons. The summed E-state index contributed by atoms with van der Waals surface area (Å²) >= 11 is 0. The molecule has 9 nitrogen and oxygen atoms in total. The lowest BCUT2D eigenvalue weighted by molar-refractivity contribution is -0.178. The molecule has 0 spiro atoms. The van der Waals surface area contributed by atoms with Crippen LogP contribution in [0.2, 0.25) is 18.1 Å². The van der Waals surface area contributed by atoms with E-state index < -0.39 is 45.2 Å². The van der Waals surface area contributed by atoms with Crippen LogP contribution >= 0.6 is 0 Å². The first-order valence-electron chi connectivity index (χ1n) is 10.4. The van der Waals surface area contributed by atoms with Crippen LogP contribution < -0.4 is 0 Å². The molecule has 4 atom stereocenters. The van der Waals surface area contributed by atoms with E-state index in [-0.39, 0.29) is 18.3 Å². The van der Waals surface area contributed by atoms with Crippen molar-refractivity contribution in [2.75, 3.05) is 20.8 Å². The van der Waals surface area contributed by atoms with Gasteiger partial charge in [-0.25, -0.2) is 9.59 Å². The Hall–Kier alpha value is -2.14. The van der Waals surface area contributed by atoms with Crippen LogP contribution in [0, 0.1) is 0 Å². The maximum absolute atomic E-state index is 11.9. The maximum Gasteiger partial charge on any atom is 0.508 e. The molecular weight excluding hydrogens is 436 g/mol. The first-order chi connectivity index (χ1) is 15.0. The summed E-state index contributed by atoms with van der Waals surface area (Å²) in [6, 6.07) is 9.45. The molecule has 0 unspecified atom stereocenters. The minimum absolute atomic E-state index is 0.0323. The van der Waals surface area contributed by atoms with Crippen LogP contribution in [-0.2, 0) is 39.5 Å². The molecule has 180 valence electrons. The smallest absolute Gasteiger partial charge is 0.438 e. The van der Waals surface area contributed by atoms with Crippen molar-refractivity contribution in [1.29, 1.82) is 0 Å². The van der Waals surface area contributed by atoms with E-state index in [2.05, 4.69) is 43.3 Å². The zero-order valence-electron chi connectivity index (χ0n) is 19.8. The third-order valence-corrected chi connectivity index (χ3v) is 10.2. The summed E-state index contributed by atoms with van der Waals surface area (Å²) in [7, 11) is 0.251. The van der Waals surface area contributed by atoms with Crippen LogP contribution in [0.4, 0.5) is 9.59 Å².